The number of hydrogen-bond donors (Lipinski definition) is 1. The Kier molecular flexibility index (Phi) is 6.31. The molecular weight excluding hydrogens is 310 g/mol. The second-order valence-electron chi connectivity index (χ2n) is 5.61. The average molecular weight is 333 g/mol. The van der Waals surface area contributed by atoms with Crippen molar-refractivity contribution in [2.24, 2.45) is 0 Å². The Labute approximate surface area is 141 Å². The Morgan fingerprint density at radius 2 is 1.71 bits per heavy atom. The summed E-state index contributed by atoms with van der Waals surface area (Å²) in [6.07, 6.45) is -0.176. The number of esters is 1. The van der Waals surface area contributed by atoms with E-state index in [0.29, 0.717) is 24.3 Å². The lowest BCUT2D eigenvalue weighted by Gasteiger charge is -2.33. The first kappa shape index (κ1) is 17.9. The van der Waals surface area contributed by atoms with Crippen LogP contribution in [0.1, 0.15) is 23.7 Å². The zero-order chi connectivity index (χ0) is 17.5. The van der Waals surface area contributed by atoms with Gasteiger partial charge in [0.2, 0.25) is 11.8 Å². The van der Waals surface area contributed by atoms with E-state index in [0.717, 1.165) is 19.6 Å². The van der Waals surface area contributed by atoms with E-state index in [9.17, 15) is 14.4 Å². The number of methoxy groups -OCH3 is 1. The van der Waals surface area contributed by atoms with Crippen LogP contribution in [0.2, 0.25) is 0 Å². The maximum absolute atomic E-state index is 12.2. The first-order valence-electron chi connectivity index (χ1n) is 8.02. The third-order valence-corrected chi connectivity index (χ3v) is 4.07. The number of ether oxygens (including phenoxy) is 1. The van der Waals surface area contributed by atoms with Crippen LogP contribution in [-0.2, 0) is 14.3 Å². The summed E-state index contributed by atoms with van der Waals surface area (Å²) in [6, 6.07) is 6.34. The van der Waals surface area contributed by atoms with Crippen molar-refractivity contribution in [3.8, 4) is 0 Å². The molecule has 1 heterocycles. The van der Waals surface area contributed by atoms with Gasteiger partial charge in [0, 0.05) is 31.9 Å². The summed E-state index contributed by atoms with van der Waals surface area (Å²) in [5, 5.41) is 2.67. The van der Waals surface area contributed by atoms with Crippen molar-refractivity contribution in [2.75, 3.05) is 45.2 Å². The van der Waals surface area contributed by atoms with Gasteiger partial charge in [-0.2, -0.15) is 0 Å². The van der Waals surface area contributed by atoms with Crippen molar-refractivity contribution in [3.63, 3.8) is 0 Å². The topological polar surface area (TPSA) is 79.0 Å². The summed E-state index contributed by atoms with van der Waals surface area (Å²) in [6.45, 7) is 6.08. The Bertz CT molecular complexity index is 592. The molecule has 1 aliphatic heterocycles. The fourth-order valence-corrected chi connectivity index (χ4v) is 2.58. The molecule has 130 valence electrons. The quantitative estimate of drug-likeness (QED) is 0.641. The van der Waals surface area contributed by atoms with Crippen molar-refractivity contribution < 1.29 is 19.1 Å². The fraction of sp³-hybridized carbons (Fsp3) is 0.471. The molecule has 2 amide bonds. The Balaban J connectivity index is 1.82. The predicted molar refractivity (Wildman–Crippen MR) is 89.7 cm³/mol. The van der Waals surface area contributed by atoms with Gasteiger partial charge in [0.05, 0.1) is 12.7 Å². The molecule has 1 aromatic rings. The molecule has 0 unspecified atom stereocenters. The smallest absolute Gasteiger partial charge is 0.337 e. The number of likely N-dealkylation sites (N-methyl/N-ethyl adjacent to an activating group) is 1. The lowest BCUT2D eigenvalue weighted by molar-refractivity contribution is -0.136. The van der Waals surface area contributed by atoms with E-state index in [1.54, 1.807) is 29.2 Å². The average Bonchev–Trinajstić information content (AvgIpc) is 2.61. The molecule has 1 aliphatic rings. The number of carbonyl (C=O) groups is 3. The van der Waals surface area contributed by atoms with E-state index in [2.05, 4.69) is 21.9 Å². The van der Waals surface area contributed by atoms with Crippen LogP contribution in [0.4, 0.5) is 5.69 Å². The molecule has 7 nitrogen and oxygen atoms in total. The Morgan fingerprint density at radius 3 is 2.25 bits per heavy atom. The van der Waals surface area contributed by atoms with Gasteiger partial charge >= 0.3 is 5.97 Å². The van der Waals surface area contributed by atoms with E-state index < -0.39 is 5.97 Å². The van der Waals surface area contributed by atoms with Crippen molar-refractivity contribution in [1.82, 2.24) is 9.80 Å². The molecule has 0 spiro atoms. The molecule has 0 aliphatic carbocycles. The number of piperazine rings is 1. The highest BCUT2D eigenvalue weighted by Gasteiger charge is 2.22. The minimum absolute atomic E-state index is 0.158. The summed E-state index contributed by atoms with van der Waals surface area (Å²) in [4.78, 5) is 39.5. The number of hydrogen-bond acceptors (Lipinski definition) is 5. The maximum Gasteiger partial charge on any atom is 0.337 e. The van der Waals surface area contributed by atoms with Gasteiger partial charge in [0.25, 0.3) is 0 Å². The van der Waals surface area contributed by atoms with E-state index in [1.165, 1.54) is 7.11 Å². The SMILES string of the molecule is CCN1CCN(C(=O)CC(=O)Nc2ccc(C(=O)OC)cc2)CC1. The minimum Gasteiger partial charge on any atom is -0.465 e. The van der Waals surface area contributed by atoms with Crippen molar-refractivity contribution >= 4 is 23.5 Å². The lowest BCUT2D eigenvalue weighted by atomic mass is 10.2. The Morgan fingerprint density at radius 1 is 1.08 bits per heavy atom. The highest BCUT2D eigenvalue weighted by molar-refractivity contribution is 6.03. The van der Waals surface area contributed by atoms with Crippen molar-refractivity contribution in [3.05, 3.63) is 29.8 Å². The summed E-state index contributed by atoms with van der Waals surface area (Å²) < 4.78 is 4.61. The van der Waals surface area contributed by atoms with E-state index in [1.807, 2.05) is 0 Å². The highest BCUT2D eigenvalue weighted by Crippen LogP contribution is 2.11. The van der Waals surface area contributed by atoms with Crippen molar-refractivity contribution in [1.29, 1.82) is 0 Å². The molecule has 0 saturated carbocycles. The van der Waals surface area contributed by atoms with Gasteiger partial charge in [0.1, 0.15) is 6.42 Å². The van der Waals surface area contributed by atoms with E-state index in [4.69, 9.17) is 0 Å². The molecule has 1 aromatic carbocycles. The molecule has 1 fully saturated rings. The van der Waals surface area contributed by atoms with Gasteiger partial charge < -0.3 is 19.9 Å². The summed E-state index contributed by atoms with van der Waals surface area (Å²) in [5.74, 6) is -0.951. The summed E-state index contributed by atoms with van der Waals surface area (Å²) >= 11 is 0. The number of carbonyl (C=O) groups excluding carboxylic acids is 3. The van der Waals surface area contributed by atoms with Gasteiger partial charge in [-0.25, -0.2) is 4.79 Å². The number of rotatable bonds is 5. The van der Waals surface area contributed by atoms with E-state index in [-0.39, 0.29) is 18.2 Å². The molecule has 1 N–H and O–H groups in total. The minimum atomic E-state index is -0.436. The van der Waals surface area contributed by atoms with Gasteiger partial charge in [0.15, 0.2) is 0 Å². The largest absolute Gasteiger partial charge is 0.465 e. The highest BCUT2D eigenvalue weighted by atomic mass is 16.5. The third kappa shape index (κ3) is 4.79. The molecule has 0 atom stereocenters. The van der Waals surface area contributed by atoms with Crippen LogP contribution in [-0.4, -0.2) is 67.4 Å². The number of nitrogens with one attached hydrogen (secondary N) is 1. The summed E-state index contributed by atoms with van der Waals surface area (Å²) in [5.41, 5.74) is 0.941. The second kappa shape index (κ2) is 8.44. The fourth-order valence-electron chi connectivity index (χ4n) is 2.58. The molecule has 0 bridgehead atoms. The van der Waals surface area contributed by atoms with Crippen LogP contribution < -0.4 is 5.32 Å². The number of benzene rings is 1. The van der Waals surface area contributed by atoms with E-state index >= 15 is 0 Å². The number of nitrogens with zero attached hydrogens (tertiary/aromatic N) is 2. The first-order chi connectivity index (χ1) is 11.5. The standard InChI is InChI=1S/C17H23N3O4/c1-3-19-8-10-20(11-9-19)16(22)12-15(21)18-14-6-4-13(5-7-14)17(23)24-2/h4-7H,3,8-12H2,1-2H3,(H,18,21). The zero-order valence-corrected chi connectivity index (χ0v) is 14.1. The molecular formula is C17H23N3O4. The van der Waals surface area contributed by atoms with Crippen LogP contribution in [0.3, 0.4) is 0 Å². The molecule has 24 heavy (non-hydrogen) atoms. The monoisotopic (exact) mass is 333 g/mol. The Hall–Kier alpha value is -2.41. The second-order valence-corrected chi connectivity index (χ2v) is 5.61. The first-order valence-corrected chi connectivity index (χ1v) is 8.02. The van der Waals surface area contributed by atoms with Crippen LogP contribution in [0.25, 0.3) is 0 Å². The molecule has 0 radical (unpaired) electrons. The van der Waals surface area contributed by atoms with Gasteiger partial charge in [-0.05, 0) is 30.8 Å². The normalized spacial score (nSPS) is 15.0. The van der Waals surface area contributed by atoms with Crippen LogP contribution in [0.15, 0.2) is 24.3 Å². The summed E-state index contributed by atoms with van der Waals surface area (Å²) in [7, 11) is 1.31. The van der Waals surface area contributed by atoms with Gasteiger partial charge in [-0.1, -0.05) is 6.92 Å². The molecule has 1 saturated heterocycles. The van der Waals surface area contributed by atoms with Gasteiger partial charge in [-0.15, -0.1) is 0 Å². The molecule has 0 aromatic heterocycles. The third-order valence-electron chi connectivity index (χ3n) is 4.07. The molecule has 7 heteroatoms. The lowest BCUT2D eigenvalue weighted by Crippen LogP contribution is -2.49. The zero-order valence-electron chi connectivity index (χ0n) is 14.1. The van der Waals surface area contributed by atoms with Crippen molar-refractivity contribution in [2.45, 2.75) is 13.3 Å². The maximum atomic E-state index is 12.2. The molecule has 2 rings (SSSR count). The number of amides is 2. The predicted octanol–water partition coefficient (Wildman–Crippen LogP) is 0.966. The van der Waals surface area contributed by atoms with Crippen LogP contribution in [0.5, 0.6) is 0 Å². The van der Waals surface area contributed by atoms with Crippen LogP contribution in [0, 0.1) is 0 Å². The number of anilines is 1. The van der Waals surface area contributed by atoms with Gasteiger partial charge in [-0.3, -0.25) is 9.59 Å². The van der Waals surface area contributed by atoms with Crippen LogP contribution >= 0.6 is 0 Å².